The second-order valence-corrected chi connectivity index (χ2v) is 17.9. The Hall–Kier alpha value is -6.84. The van der Waals surface area contributed by atoms with Gasteiger partial charge in [0.1, 0.15) is 48.3 Å². The molecule has 13 N–H and O–H groups in total. The summed E-state index contributed by atoms with van der Waals surface area (Å²) in [5, 5.41) is 64.9. The molecule has 0 radical (unpaired) electrons. The highest BCUT2D eigenvalue weighted by Gasteiger charge is 2.41. The van der Waals surface area contributed by atoms with E-state index in [1.54, 1.807) is 20.1 Å². The number of nitrogens with zero attached hydrogens (tertiary/aromatic N) is 2. The van der Waals surface area contributed by atoms with Crippen molar-refractivity contribution in [2.75, 3.05) is 18.6 Å². The zero-order valence-electron chi connectivity index (χ0n) is 39.1. The number of carbonyl (C=O) groups is 12. The highest BCUT2D eigenvalue weighted by molar-refractivity contribution is 7.98. The zero-order valence-corrected chi connectivity index (χ0v) is 40.0. The number of carbonyl (C=O) groups excluding carboxylic acids is 8. The quantitative estimate of drug-likeness (QED) is 0.0309. The average molecular weight is 1010 g/mol. The van der Waals surface area contributed by atoms with Crippen LogP contribution in [0.15, 0.2) is 12.5 Å². The molecule has 2 rings (SSSR count). The van der Waals surface area contributed by atoms with E-state index in [1.807, 2.05) is 0 Å². The molecule has 1 fully saturated rings. The van der Waals surface area contributed by atoms with Gasteiger partial charge in [-0.05, 0) is 69.8 Å². The number of aromatic nitrogens is 2. The van der Waals surface area contributed by atoms with Crippen LogP contribution in [-0.4, -0.2) is 185 Å². The maximum absolute atomic E-state index is 14.3. The molecule has 1 aliphatic heterocycles. The number of H-pyrrole nitrogens is 1. The van der Waals surface area contributed by atoms with Gasteiger partial charge in [-0.25, -0.2) is 9.78 Å². The van der Waals surface area contributed by atoms with Crippen molar-refractivity contribution in [1.29, 1.82) is 0 Å². The van der Waals surface area contributed by atoms with Gasteiger partial charge in [0.2, 0.25) is 47.8 Å². The first-order chi connectivity index (χ1) is 33.0. The van der Waals surface area contributed by atoms with Gasteiger partial charge in [0.15, 0.2) is 0 Å². The predicted molar refractivity (Wildman–Crippen MR) is 244 cm³/mol. The number of aromatic amines is 1. The normalized spacial score (nSPS) is 16.7. The van der Waals surface area contributed by atoms with Crippen molar-refractivity contribution in [3.05, 3.63) is 18.2 Å². The first kappa shape index (κ1) is 59.3. The molecule has 27 nitrogen and oxygen atoms in total. The minimum atomic E-state index is -1.81. The number of imidazole rings is 1. The Bertz CT molecular complexity index is 2010. The number of hydrogen-bond acceptors (Lipinski definition) is 15. The standard InChI is InChI=1S/C42H64N10O17S/c1-21(2)16-28(50-40(66)34(22(3)54)51-36(62)25(7-10-31(55)56)46-35(61)24(45-20-53)13-15-70-4)37(63)47-26(8-11-32(57)58)41(67)52-14-5-6-30(52)39(65)49-29(17-23-18-43-19-44-23)38(64)48-27(42(68)69)9-12-33(59)60/h18-22,24-30,34,54H,5-17H2,1-4H3,(H,43,44)(H,45,53)(H,46,61)(H,47,63)(H,48,64)(H,49,65)(H,50,66)(H,51,62)(H,55,56)(H,57,58)(H,59,60)(H,68,69)/t22-,24+,25+,26+,27+,28+,29+,30+,34+/m1/s1. The van der Waals surface area contributed by atoms with Crippen molar-refractivity contribution < 1.29 is 83.1 Å². The van der Waals surface area contributed by atoms with E-state index in [1.165, 1.54) is 24.3 Å². The van der Waals surface area contributed by atoms with Crippen molar-refractivity contribution in [1.82, 2.24) is 52.1 Å². The summed E-state index contributed by atoms with van der Waals surface area (Å²) in [5.41, 5.74) is 0.336. The first-order valence-electron chi connectivity index (χ1n) is 22.3. The maximum atomic E-state index is 14.3. The Morgan fingerprint density at radius 3 is 1.77 bits per heavy atom. The number of carboxylic acids is 4. The summed E-state index contributed by atoms with van der Waals surface area (Å²) >= 11 is 1.37. The lowest BCUT2D eigenvalue weighted by molar-refractivity contribution is -0.145. The largest absolute Gasteiger partial charge is 0.481 e. The topological polar surface area (TPSA) is 422 Å². The number of amides is 8. The molecule has 1 aliphatic rings. The number of rotatable bonds is 33. The van der Waals surface area contributed by atoms with Crippen LogP contribution in [0, 0.1) is 5.92 Å². The second kappa shape index (κ2) is 29.9. The van der Waals surface area contributed by atoms with Crippen LogP contribution in [0.5, 0.6) is 0 Å². The van der Waals surface area contributed by atoms with Gasteiger partial charge < -0.3 is 72.6 Å². The monoisotopic (exact) mass is 1010 g/mol. The van der Waals surface area contributed by atoms with Crippen molar-refractivity contribution in [3.8, 4) is 0 Å². The highest BCUT2D eigenvalue weighted by Crippen LogP contribution is 2.21. The van der Waals surface area contributed by atoms with E-state index < -0.39 is 158 Å². The molecular weight excluding hydrogens is 949 g/mol. The third-order valence-corrected chi connectivity index (χ3v) is 11.5. The smallest absolute Gasteiger partial charge is 0.326 e. The minimum absolute atomic E-state index is 0.0412. The lowest BCUT2D eigenvalue weighted by Gasteiger charge is -2.31. The molecule has 8 amide bonds. The molecule has 1 aromatic rings. The molecule has 9 atom stereocenters. The number of thioether (sulfide) groups is 1. The third kappa shape index (κ3) is 20.4. The Morgan fingerprint density at radius 1 is 0.714 bits per heavy atom. The maximum Gasteiger partial charge on any atom is 0.326 e. The number of hydrogen-bond donors (Lipinski definition) is 13. The molecule has 70 heavy (non-hydrogen) atoms. The molecule has 0 saturated carbocycles. The lowest BCUT2D eigenvalue weighted by atomic mass is 10.0. The van der Waals surface area contributed by atoms with Crippen LogP contribution in [0.1, 0.15) is 90.7 Å². The van der Waals surface area contributed by atoms with Crippen LogP contribution >= 0.6 is 11.8 Å². The van der Waals surface area contributed by atoms with Crippen molar-refractivity contribution in [2.45, 2.75) is 146 Å². The van der Waals surface area contributed by atoms with Gasteiger partial charge in [0.05, 0.1) is 12.4 Å². The molecule has 1 aromatic heterocycles. The summed E-state index contributed by atoms with van der Waals surface area (Å²) < 4.78 is 0. The fraction of sp³-hybridized carbons (Fsp3) is 0.643. The van der Waals surface area contributed by atoms with E-state index in [9.17, 15) is 78.0 Å². The number of carboxylic acid groups (broad SMARTS) is 4. The molecule has 0 aliphatic carbocycles. The molecule has 0 bridgehead atoms. The summed E-state index contributed by atoms with van der Waals surface area (Å²) in [7, 11) is 0. The van der Waals surface area contributed by atoms with Crippen molar-refractivity contribution in [2.24, 2.45) is 5.92 Å². The van der Waals surface area contributed by atoms with E-state index in [0.29, 0.717) is 11.4 Å². The lowest BCUT2D eigenvalue weighted by Crippen LogP contribution is -2.61. The van der Waals surface area contributed by atoms with Gasteiger partial charge >= 0.3 is 23.9 Å². The molecule has 1 saturated heterocycles. The summed E-state index contributed by atoms with van der Waals surface area (Å²) in [6.07, 6.45) is -0.213. The minimum Gasteiger partial charge on any atom is -0.481 e. The van der Waals surface area contributed by atoms with Crippen LogP contribution in [0.4, 0.5) is 0 Å². The van der Waals surface area contributed by atoms with Gasteiger partial charge in [0.25, 0.3) is 0 Å². The summed E-state index contributed by atoms with van der Waals surface area (Å²) in [6, 6.07) is -12.0. The molecule has 2 heterocycles. The van der Waals surface area contributed by atoms with E-state index in [-0.39, 0.29) is 51.0 Å². The number of aliphatic hydroxyl groups excluding tert-OH is 1. The van der Waals surface area contributed by atoms with Crippen LogP contribution in [0.2, 0.25) is 0 Å². The Balaban J connectivity index is 2.37. The Kier molecular flexibility index (Phi) is 25.3. The first-order valence-corrected chi connectivity index (χ1v) is 23.7. The van der Waals surface area contributed by atoms with Gasteiger partial charge in [-0.1, -0.05) is 13.8 Å². The molecule has 0 spiro atoms. The fourth-order valence-corrected chi connectivity index (χ4v) is 7.70. The number of aliphatic carboxylic acids is 4. The fourth-order valence-electron chi connectivity index (χ4n) is 7.23. The summed E-state index contributed by atoms with van der Waals surface area (Å²) in [5.74, 6) is -12.2. The average Bonchev–Trinajstić information content (AvgIpc) is 4.00. The van der Waals surface area contributed by atoms with Crippen molar-refractivity contribution in [3.63, 3.8) is 0 Å². The van der Waals surface area contributed by atoms with Crippen LogP contribution in [-0.2, 0) is 64.0 Å². The zero-order chi connectivity index (χ0) is 52.7. The molecule has 390 valence electrons. The predicted octanol–water partition coefficient (Wildman–Crippen LogP) is -3.17. The van der Waals surface area contributed by atoms with Gasteiger partial charge in [0, 0.05) is 44.1 Å². The summed E-state index contributed by atoms with van der Waals surface area (Å²) in [6.45, 7) is 4.43. The second-order valence-electron chi connectivity index (χ2n) is 16.9. The van der Waals surface area contributed by atoms with E-state index >= 15 is 0 Å². The Morgan fingerprint density at radius 2 is 1.24 bits per heavy atom. The van der Waals surface area contributed by atoms with Gasteiger partial charge in [-0.2, -0.15) is 11.8 Å². The number of likely N-dealkylation sites (tertiary alicyclic amines) is 1. The third-order valence-electron chi connectivity index (χ3n) is 10.9. The van der Waals surface area contributed by atoms with E-state index in [4.69, 9.17) is 5.11 Å². The van der Waals surface area contributed by atoms with Gasteiger partial charge in [-0.3, -0.25) is 52.7 Å². The summed E-state index contributed by atoms with van der Waals surface area (Å²) in [4.78, 5) is 161. The molecule has 28 heteroatoms. The van der Waals surface area contributed by atoms with Crippen LogP contribution in [0.25, 0.3) is 0 Å². The molecule has 0 aromatic carbocycles. The van der Waals surface area contributed by atoms with Crippen LogP contribution < -0.4 is 37.2 Å². The highest BCUT2D eigenvalue weighted by atomic mass is 32.2. The van der Waals surface area contributed by atoms with E-state index in [0.717, 1.165) is 11.8 Å². The van der Waals surface area contributed by atoms with Gasteiger partial charge in [-0.15, -0.1) is 0 Å². The molecular formula is C42H64N10O17S. The SMILES string of the molecule is CSCC[C@H](NC=O)C(=O)N[C@@H](CCC(=O)O)C(=O)N[C@H](C(=O)N[C@@H](CC(C)C)C(=O)N[C@@H](CCC(=O)O)C(=O)N1CCC[C@H]1C(=O)N[C@@H](Cc1cnc[nH]1)C(=O)N[C@@H](CCC(=O)O)C(=O)O)[C@@H](C)O. The Labute approximate surface area is 406 Å². The number of nitrogens with one attached hydrogen (secondary N) is 8. The molecule has 0 unspecified atom stereocenters. The number of aliphatic hydroxyl groups is 1. The van der Waals surface area contributed by atoms with E-state index in [2.05, 4.69) is 47.2 Å². The van der Waals surface area contributed by atoms with Crippen molar-refractivity contribution >= 4 is 83.4 Å². The van der Waals surface area contributed by atoms with Crippen LogP contribution in [0.3, 0.4) is 0 Å².